The van der Waals surface area contributed by atoms with Crippen LogP contribution >= 0.6 is 11.6 Å². The minimum Gasteiger partial charge on any atom is -0.488 e. The van der Waals surface area contributed by atoms with Crippen LogP contribution in [0.4, 0.5) is 0 Å². The van der Waals surface area contributed by atoms with Crippen molar-refractivity contribution >= 4 is 17.6 Å². The van der Waals surface area contributed by atoms with Gasteiger partial charge in [-0.2, -0.15) is 0 Å². The third-order valence-corrected chi connectivity index (χ3v) is 4.37. The van der Waals surface area contributed by atoms with Crippen LogP contribution in [0.25, 0.3) is 0 Å². The molecular formula is C22H19ClO3. The molecule has 3 nitrogen and oxygen atoms in total. The lowest BCUT2D eigenvalue weighted by Crippen LogP contribution is -2.12. The number of para-hydroxylation sites is 2. The Labute approximate surface area is 158 Å². The van der Waals surface area contributed by atoms with E-state index in [9.17, 15) is 4.79 Å². The molecule has 0 heterocycles. The van der Waals surface area contributed by atoms with Crippen molar-refractivity contribution in [3.05, 3.63) is 94.5 Å². The molecule has 0 fully saturated rings. The quantitative estimate of drug-likeness (QED) is 0.414. The summed E-state index contributed by atoms with van der Waals surface area (Å²) in [4.78, 5) is 12.7. The SMILES string of the molecule is CCc1ccccc1OC(=O)c1ccccc1OCc1ccccc1Cl. The molecule has 0 aliphatic heterocycles. The monoisotopic (exact) mass is 366 g/mol. The lowest BCUT2D eigenvalue weighted by atomic mass is 10.1. The van der Waals surface area contributed by atoms with E-state index in [-0.39, 0.29) is 6.61 Å². The van der Waals surface area contributed by atoms with Gasteiger partial charge < -0.3 is 9.47 Å². The number of halogens is 1. The fourth-order valence-corrected chi connectivity index (χ4v) is 2.77. The summed E-state index contributed by atoms with van der Waals surface area (Å²) >= 11 is 6.16. The summed E-state index contributed by atoms with van der Waals surface area (Å²) in [5.41, 5.74) is 2.22. The first-order valence-corrected chi connectivity index (χ1v) is 8.82. The molecule has 3 aromatic rings. The molecule has 26 heavy (non-hydrogen) atoms. The van der Waals surface area contributed by atoms with Crippen molar-refractivity contribution in [2.45, 2.75) is 20.0 Å². The smallest absolute Gasteiger partial charge is 0.347 e. The van der Waals surface area contributed by atoms with Crippen molar-refractivity contribution < 1.29 is 14.3 Å². The zero-order valence-electron chi connectivity index (χ0n) is 14.4. The maximum Gasteiger partial charge on any atom is 0.347 e. The Morgan fingerprint density at radius 2 is 1.46 bits per heavy atom. The highest BCUT2D eigenvalue weighted by Crippen LogP contribution is 2.25. The molecule has 0 saturated carbocycles. The van der Waals surface area contributed by atoms with Gasteiger partial charge in [-0.25, -0.2) is 4.79 Å². The zero-order chi connectivity index (χ0) is 18.4. The Hall–Kier alpha value is -2.78. The van der Waals surface area contributed by atoms with E-state index < -0.39 is 5.97 Å². The first kappa shape index (κ1) is 18.0. The van der Waals surface area contributed by atoms with Crippen molar-refractivity contribution in [1.29, 1.82) is 0 Å². The second kappa shape index (κ2) is 8.54. The lowest BCUT2D eigenvalue weighted by Gasteiger charge is -2.13. The molecule has 0 bridgehead atoms. The predicted molar refractivity (Wildman–Crippen MR) is 103 cm³/mol. The summed E-state index contributed by atoms with van der Waals surface area (Å²) < 4.78 is 11.4. The molecule has 0 spiro atoms. The van der Waals surface area contributed by atoms with E-state index in [0.717, 1.165) is 17.5 Å². The van der Waals surface area contributed by atoms with Crippen LogP contribution in [-0.2, 0) is 13.0 Å². The number of ether oxygens (including phenoxy) is 2. The molecule has 0 N–H and O–H groups in total. The number of aryl methyl sites for hydroxylation is 1. The zero-order valence-corrected chi connectivity index (χ0v) is 15.2. The van der Waals surface area contributed by atoms with Crippen LogP contribution in [0.3, 0.4) is 0 Å². The van der Waals surface area contributed by atoms with Crippen LogP contribution in [0.15, 0.2) is 72.8 Å². The van der Waals surface area contributed by atoms with Gasteiger partial charge in [-0.3, -0.25) is 0 Å². The molecule has 3 rings (SSSR count). The van der Waals surface area contributed by atoms with Gasteiger partial charge >= 0.3 is 5.97 Å². The highest BCUT2D eigenvalue weighted by Gasteiger charge is 2.16. The summed E-state index contributed by atoms with van der Waals surface area (Å²) in [6.07, 6.45) is 0.786. The predicted octanol–water partition coefficient (Wildman–Crippen LogP) is 5.70. The maximum absolute atomic E-state index is 12.7. The van der Waals surface area contributed by atoms with Gasteiger partial charge in [-0.1, -0.05) is 67.1 Å². The van der Waals surface area contributed by atoms with Gasteiger partial charge in [0.25, 0.3) is 0 Å². The normalized spacial score (nSPS) is 10.4. The first-order chi connectivity index (χ1) is 12.7. The Balaban J connectivity index is 1.78. The standard InChI is InChI=1S/C22H19ClO3/c1-2-16-9-4-7-13-20(16)26-22(24)18-11-5-8-14-21(18)25-15-17-10-3-6-12-19(17)23/h3-14H,2,15H2,1H3. The van der Waals surface area contributed by atoms with Gasteiger partial charge in [0.05, 0.1) is 0 Å². The van der Waals surface area contributed by atoms with E-state index in [1.54, 1.807) is 24.3 Å². The molecule has 0 amide bonds. The molecule has 0 aliphatic carbocycles. The molecule has 0 saturated heterocycles. The second-order valence-electron chi connectivity index (χ2n) is 5.73. The van der Waals surface area contributed by atoms with Crippen LogP contribution < -0.4 is 9.47 Å². The molecule has 0 unspecified atom stereocenters. The van der Waals surface area contributed by atoms with Gasteiger partial charge in [0.15, 0.2) is 0 Å². The fourth-order valence-electron chi connectivity index (χ4n) is 2.58. The van der Waals surface area contributed by atoms with E-state index >= 15 is 0 Å². The number of carbonyl (C=O) groups excluding carboxylic acids is 1. The average Bonchev–Trinajstić information content (AvgIpc) is 2.68. The molecule has 0 aromatic heterocycles. The number of hydrogen-bond donors (Lipinski definition) is 0. The minimum absolute atomic E-state index is 0.273. The van der Waals surface area contributed by atoms with Gasteiger partial charge in [0.1, 0.15) is 23.7 Å². The number of carbonyl (C=O) groups is 1. The summed E-state index contributed by atoms with van der Waals surface area (Å²) in [7, 11) is 0. The van der Waals surface area contributed by atoms with Gasteiger partial charge in [0, 0.05) is 10.6 Å². The molecule has 0 radical (unpaired) electrons. The van der Waals surface area contributed by atoms with Crippen molar-refractivity contribution in [2.75, 3.05) is 0 Å². The van der Waals surface area contributed by atoms with E-state index in [0.29, 0.717) is 22.1 Å². The van der Waals surface area contributed by atoms with Crippen molar-refractivity contribution in [1.82, 2.24) is 0 Å². The van der Waals surface area contributed by atoms with Crippen molar-refractivity contribution in [3.8, 4) is 11.5 Å². The van der Waals surface area contributed by atoms with Crippen LogP contribution in [0, 0.1) is 0 Å². The molecule has 0 aliphatic rings. The number of rotatable bonds is 6. The van der Waals surface area contributed by atoms with E-state index in [4.69, 9.17) is 21.1 Å². The average molecular weight is 367 g/mol. The van der Waals surface area contributed by atoms with E-state index in [1.807, 2.05) is 55.5 Å². The van der Waals surface area contributed by atoms with Gasteiger partial charge in [-0.05, 0) is 36.2 Å². The third-order valence-electron chi connectivity index (χ3n) is 4.00. The molecule has 0 atom stereocenters. The molecule has 4 heteroatoms. The largest absolute Gasteiger partial charge is 0.488 e. The molecule has 132 valence electrons. The molecule has 3 aromatic carbocycles. The van der Waals surface area contributed by atoms with E-state index in [1.165, 1.54) is 0 Å². The molecular weight excluding hydrogens is 348 g/mol. The van der Waals surface area contributed by atoms with Crippen LogP contribution in [0.5, 0.6) is 11.5 Å². The maximum atomic E-state index is 12.7. The Bertz CT molecular complexity index is 905. The van der Waals surface area contributed by atoms with E-state index in [2.05, 4.69) is 0 Å². The summed E-state index contributed by atoms with van der Waals surface area (Å²) in [6, 6.07) is 22.0. The first-order valence-electron chi connectivity index (χ1n) is 8.44. The topological polar surface area (TPSA) is 35.5 Å². The van der Waals surface area contributed by atoms with Gasteiger partial charge in [-0.15, -0.1) is 0 Å². The highest BCUT2D eigenvalue weighted by molar-refractivity contribution is 6.31. The van der Waals surface area contributed by atoms with Crippen molar-refractivity contribution in [3.63, 3.8) is 0 Å². The Morgan fingerprint density at radius 3 is 2.19 bits per heavy atom. The summed E-state index contributed by atoms with van der Waals surface area (Å²) in [5, 5.41) is 0.629. The van der Waals surface area contributed by atoms with Crippen molar-refractivity contribution in [2.24, 2.45) is 0 Å². The van der Waals surface area contributed by atoms with Gasteiger partial charge in [0.2, 0.25) is 0 Å². The summed E-state index contributed by atoms with van der Waals surface area (Å²) in [6.45, 7) is 2.29. The van der Waals surface area contributed by atoms with Crippen LogP contribution in [0.2, 0.25) is 5.02 Å². The highest BCUT2D eigenvalue weighted by atomic mass is 35.5. The Morgan fingerprint density at radius 1 is 0.846 bits per heavy atom. The number of esters is 1. The lowest BCUT2D eigenvalue weighted by molar-refractivity contribution is 0.0728. The third kappa shape index (κ3) is 4.24. The second-order valence-corrected chi connectivity index (χ2v) is 6.13. The number of hydrogen-bond acceptors (Lipinski definition) is 3. The minimum atomic E-state index is -0.444. The van der Waals surface area contributed by atoms with Crippen LogP contribution in [-0.4, -0.2) is 5.97 Å². The summed E-state index contributed by atoms with van der Waals surface area (Å²) in [5.74, 6) is 0.591. The fraction of sp³-hybridized carbons (Fsp3) is 0.136. The Kier molecular flexibility index (Phi) is 5.92. The van der Waals surface area contributed by atoms with Crippen LogP contribution in [0.1, 0.15) is 28.4 Å². The number of benzene rings is 3.